The molecule has 0 radical (unpaired) electrons. The fourth-order valence-corrected chi connectivity index (χ4v) is 2.26. The predicted octanol–water partition coefficient (Wildman–Crippen LogP) is 2.07. The highest BCUT2D eigenvalue weighted by molar-refractivity contribution is 14.1. The first kappa shape index (κ1) is 12.7. The van der Waals surface area contributed by atoms with Crippen molar-refractivity contribution in [1.29, 1.82) is 0 Å². The second-order valence-electron chi connectivity index (χ2n) is 3.16. The first-order valence-electron chi connectivity index (χ1n) is 4.59. The van der Waals surface area contributed by atoms with Crippen LogP contribution in [-0.2, 0) is 4.74 Å². The van der Waals surface area contributed by atoms with E-state index in [9.17, 15) is 0 Å². The minimum absolute atomic E-state index is 0.631. The minimum Gasteiger partial charge on any atom is -0.380 e. The summed E-state index contributed by atoms with van der Waals surface area (Å²) in [6.07, 6.45) is 0. The molecular formula is C9H20INO. The predicted molar refractivity (Wildman–Crippen MR) is 62.0 cm³/mol. The van der Waals surface area contributed by atoms with E-state index in [1.165, 1.54) is 4.43 Å². The Bertz CT molecular complexity index is 98.5. The summed E-state index contributed by atoms with van der Waals surface area (Å²) >= 11 is 2.42. The number of halogens is 1. The van der Waals surface area contributed by atoms with Gasteiger partial charge in [0, 0.05) is 23.6 Å². The monoisotopic (exact) mass is 285 g/mol. The van der Waals surface area contributed by atoms with Gasteiger partial charge in [0.2, 0.25) is 0 Å². The van der Waals surface area contributed by atoms with Crippen LogP contribution < -0.4 is 5.32 Å². The van der Waals surface area contributed by atoms with Gasteiger partial charge < -0.3 is 10.1 Å². The minimum atomic E-state index is 0.631. The molecule has 0 aliphatic carbocycles. The summed E-state index contributed by atoms with van der Waals surface area (Å²) in [5.74, 6) is 0.712. The highest BCUT2D eigenvalue weighted by Crippen LogP contribution is 2.04. The van der Waals surface area contributed by atoms with Gasteiger partial charge in [0.05, 0.1) is 6.61 Å². The van der Waals surface area contributed by atoms with Crippen molar-refractivity contribution in [2.75, 3.05) is 24.2 Å². The van der Waals surface area contributed by atoms with Gasteiger partial charge in [0.25, 0.3) is 0 Å². The molecule has 0 amide bonds. The molecule has 0 aromatic heterocycles. The lowest BCUT2D eigenvalue weighted by Gasteiger charge is -2.19. The summed E-state index contributed by atoms with van der Waals surface area (Å²) in [6.45, 7) is 9.14. The standard InChI is InChI=1S/C9H20INO/c1-4-12-6-5-11-9(7-10)8(2)3/h8-9,11H,4-7H2,1-3H3. The van der Waals surface area contributed by atoms with Crippen molar-refractivity contribution < 1.29 is 4.74 Å². The maximum Gasteiger partial charge on any atom is 0.0590 e. The fourth-order valence-electron chi connectivity index (χ4n) is 0.929. The van der Waals surface area contributed by atoms with Gasteiger partial charge in [-0.2, -0.15) is 0 Å². The van der Waals surface area contributed by atoms with Crippen LogP contribution in [0.15, 0.2) is 0 Å². The van der Waals surface area contributed by atoms with Gasteiger partial charge in [-0.15, -0.1) is 0 Å². The van der Waals surface area contributed by atoms with E-state index in [1.807, 2.05) is 6.92 Å². The van der Waals surface area contributed by atoms with E-state index in [1.54, 1.807) is 0 Å². The summed E-state index contributed by atoms with van der Waals surface area (Å²) < 4.78 is 6.41. The largest absolute Gasteiger partial charge is 0.380 e. The van der Waals surface area contributed by atoms with Gasteiger partial charge in [-0.1, -0.05) is 36.4 Å². The van der Waals surface area contributed by atoms with Gasteiger partial charge in [-0.3, -0.25) is 0 Å². The van der Waals surface area contributed by atoms with Crippen LogP contribution in [0.5, 0.6) is 0 Å². The molecule has 0 aromatic carbocycles. The van der Waals surface area contributed by atoms with Crippen LogP contribution in [0.2, 0.25) is 0 Å². The average Bonchev–Trinajstić information content (AvgIpc) is 2.04. The molecule has 12 heavy (non-hydrogen) atoms. The van der Waals surface area contributed by atoms with Crippen molar-refractivity contribution in [3.05, 3.63) is 0 Å². The van der Waals surface area contributed by atoms with E-state index in [0.29, 0.717) is 12.0 Å². The SMILES string of the molecule is CCOCCNC(CI)C(C)C. The Morgan fingerprint density at radius 2 is 2.08 bits per heavy atom. The molecule has 1 N–H and O–H groups in total. The second kappa shape index (κ2) is 8.26. The Labute approximate surface area is 89.6 Å². The molecule has 74 valence electrons. The van der Waals surface area contributed by atoms with Crippen LogP contribution in [-0.4, -0.2) is 30.2 Å². The third-order valence-corrected chi connectivity index (χ3v) is 2.78. The van der Waals surface area contributed by atoms with Crippen molar-refractivity contribution in [2.24, 2.45) is 5.92 Å². The zero-order chi connectivity index (χ0) is 9.40. The summed E-state index contributed by atoms with van der Waals surface area (Å²) in [6, 6.07) is 0.631. The third-order valence-electron chi connectivity index (χ3n) is 1.83. The molecule has 0 spiro atoms. The number of nitrogens with one attached hydrogen (secondary N) is 1. The van der Waals surface area contributed by atoms with Crippen molar-refractivity contribution in [3.8, 4) is 0 Å². The fraction of sp³-hybridized carbons (Fsp3) is 1.00. The van der Waals surface area contributed by atoms with Crippen molar-refractivity contribution in [1.82, 2.24) is 5.32 Å². The quantitative estimate of drug-likeness (QED) is 0.439. The Morgan fingerprint density at radius 3 is 2.50 bits per heavy atom. The summed E-state index contributed by atoms with van der Waals surface area (Å²) in [7, 11) is 0. The zero-order valence-electron chi connectivity index (χ0n) is 8.27. The van der Waals surface area contributed by atoms with E-state index < -0.39 is 0 Å². The molecule has 0 aromatic rings. The topological polar surface area (TPSA) is 21.3 Å². The first-order chi connectivity index (χ1) is 5.72. The molecule has 1 unspecified atom stereocenters. The smallest absolute Gasteiger partial charge is 0.0590 e. The van der Waals surface area contributed by atoms with Crippen molar-refractivity contribution in [2.45, 2.75) is 26.8 Å². The van der Waals surface area contributed by atoms with Gasteiger partial charge in [0.1, 0.15) is 0 Å². The highest BCUT2D eigenvalue weighted by Gasteiger charge is 2.09. The second-order valence-corrected chi connectivity index (χ2v) is 4.04. The third kappa shape index (κ3) is 6.20. The molecule has 1 atom stereocenters. The van der Waals surface area contributed by atoms with E-state index in [2.05, 4.69) is 41.8 Å². The molecule has 0 saturated carbocycles. The lowest BCUT2D eigenvalue weighted by atomic mass is 10.1. The van der Waals surface area contributed by atoms with E-state index in [-0.39, 0.29) is 0 Å². The van der Waals surface area contributed by atoms with Gasteiger partial charge in [-0.25, -0.2) is 0 Å². The lowest BCUT2D eigenvalue weighted by molar-refractivity contribution is 0.146. The zero-order valence-corrected chi connectivity index (χ0v) is 10.4. The molecule has 0 aliphatic rings. The number of ether oxygens (including phenoxy) is 1. The Hall–Kier alpha value is 0.650. The van der Waals surface area contributed by atoms with Crippen LogP contribution in [0.1, 0.15) is 20.8 Å². The number of rotatable bonds is 7. The van der Waals surface area contributed by atoms with Crippen LogP contribution in [0.3, 0.4) is 0 Å². The van der Waals surface area contributed by atoms with Gasteiger partial charge >= 0.3 is 0 Å². The van der Waals surface area contributed by atoms with Gasteiger partial charge in [0.15, 0.2) is 0 Å². The summed E-state index contributed by atoms with van der Waals surface area (Å²) in [5, 5.41) is 3.47. The van der Waals surface area contributed by atoms with Crippen LogP contribution in [0.25, 0.3) is 0 Å². The Balaban J connectivity index is 3.32. The molecule has 0 saturated heterocycles. The Kier molecular flexibility index (Phi) is 8.70. The molecular weight excluding hydrogens is 265 g/mol. The summed E-state index contributed by atoms with van der Waals surface area (Å²) in [4.78, 5) is 0. The molecule has 3 heteroatoms. The molecule has 0 aliphatic heterocycles. The summed E-state index contributed by atoms with van der Waals surface area (Å²) in [5.41, 5.74) is 0. The number of hydrogen-bond donors (Lipinski definition) is 1. The lowest BCUT2D eigenvalue weighted by Crippen LogP contribution is -2.37. The van der Waals surface area contributed by atoms with Gasteiger partial charge in [-0.05, 0) is 12.8 Å². The van der Waals surface area contributed by atoms with E-state index in [4.69, 9.17) is 4.74 Å². The van der Waals surface area contributed by atoms with Crippen LogP contribution in [0, 0.1) is 5.92 Å². The normalized spacial score (nSPS) is 13.8. The highest BCUT2D eigenvalue weighted by atomic mass is 127. The number of alkyl halides is 1. The maximum absolute atomic E-state index is 5.24. The first-order valence-corrected chi connectivity index (χ1v) is 6.12. The average molecular weight is 285 g/mol. The van der Waals surface area contributed by atoms with E-state index >= 15 is 0 Å². The molecule has 0 bridgehead atoms. The van der Waals surface area contributed by atoms with Crippen molar-refractivity contribution >= 4 is 22.6 Å². The maximum atomic E-state index is 5.24. The molecule has 2 nitrogen and oxygen atoms in total. The van der Waals surface area contributed by atoms with Crippen LogP contribution in [0.4, 0.5) is 0 Å². The van der Waals surface area contributed by atoms with Crippen LogP contribution >= 0.6 is 22.6 Å². The van der Waals surface area contributed by atoms with Crippen molar-refractivity contribution in [3.63, 3.8) is 0 Å². The Morgan fingerprint density at radius 1 is 1.42 bits per heavy atom. The number of hydrogen-bond acceptors (Lipinski definition) is 2. The molecule has 0 heterocycles. The molecule has 0 fully saturated rings. The van der Waals surface area contributed by atoms with E-state index in [0.717, 1.165) is 19.8 Å². The molecule has 0 rings (SSSR count).